The molecule has 0 N–H and O–H groups in total. The van der Waals surface area contributed by atoms with E-state index in [2.05, 4.69) is 9.80 Å². The predicted octanol–water partition coefficient (Wildman–Crippen LogP) is -0.707. The fourth-order valence-corrected chi connectivity index (χ4v) is 2.39. The summed E-state index contributed by atoms with van der Waals surface area (Å²) in [5.41, 5.74) is 0. The molecule has 0 saturated carbocycles. The molecule has 0 amide bonds. The molecule has 1 fully saturated rings. The average Bonchev–Trinajstić information content (AvgIpc) is 2.13. The Balaban J connectivity index is 2.33. The van der Waals surface area contributed by atoms with Crippen molar-refractivity contribution in [3.8, 4) is 0 Å². The van der Waals surface area contributed by atoms with Gasteiger partial charge in [0, 0.05) is 32.4 Å². The lowest BCUT2D eigenvalue weighted by atomic mass is 10.2. The van der Waals surface area contributed by atoms with Crippen LogP contribution < -0.4 is 0 Å². The van der Waals surface area contributed by atoms with Gasteiger partial charge in [0.05, 0.1) is 18.5 Å². The van der Waals surface area contributed by atoms with Gasteiger partial charge in [0.25, 0.3) is 0 Å². The first-order chi connectivity index (χ1) is 7.37. The summed E-state index contributed by atoms with van der Waals surface area (Å²) in [7, 11) is 1.17. The molecule has 0 bridgehead atoms. The minimum absolute atomic E-state index is 0.198. The van der Waals surface area contributed by atoms with Gasteiger partial charge in [-0.15, -0.1) is 0 Å². The third-order valence-corrected chi connectivity index (χ3v) is 3.49. The largest absolute Gasteiger partial charge is 0.374 e. The molecule has 6 heteroatoms. The molecule has 1 rings (SSSR count). The Morgan fingerprint density at radius 2 is 2.12 bits per heavy atom. The van der Waals surface area contributed by atoms with Gasteiger partial charge in [-0.3, -0.25) is 4.90 Å². The Hall–Kier alpha value is -0.170. The lowest BCUT2D eigenvalue weighted by Crippen LogP contribution is -2.47. The molecule has 1 unspecified atom stereocenters. The molecule has 96 valence electrons. The van der Waals surface area contributed by atoms with E-state index in [9.17, 15) is 8.42 Å². The van der Waals surface area contributed by atoms with Crippen LogP contribution in [0.5, 0.6) is 0 Å². The van der Waals surface area contributed by atoms with Crippen molar-refractivity contribution in [2.75, 3.05) is 58.9 Å². The van der Waals surface area contributed by atoms with E-state index < -0.39 is 9.84 Å². The normalized spacial score (nSPS) is 23.9. The van der Waals surface area contributed by atoms with Crippen molar-refractivity contribution in [1.29, 1.82) is 0 Å². The van der Waals surface area contributed by atoms with Crippen LogP contribution in [0.2, 0.25) is 0 Å². The highest BCUT2D eigenvalue weighted by molar-refractivity contribution is 7.90. The number of sulfone groups is 1. The Bertz CT molecular complexity index is 303. The van der Waals surface area contributed by atoms with Crippen LogP contribution in [0.3, 0.4) is 0 Å². The third kappa shape index (κ3) is 5.79. The molecule has 0 aromatic rings. The van der Waals surface area contributed by atoms with Crippen molar-refractivity contribution in [3.05, 3.63) is 0 Å². The van der Waals surface area contributed by atoms with E-state index in [1.165, 1.54) is 6.26 Å². The van der Waals surface area contributed by atoms with Gasteiger partial charge < -0.3 is 9.64 Å². The van der Waals surface area contributed by atoms with Crippen LogP contribution in [0.25, 0.3) is 0 Å². The first-order valence-corrected chi connectivity index (χ1v) is 7.59. The number of morpholine rings is 1. The molecule has 0 aromatic heterocycles. The van der Waals surface area contributed by atoms with Gasteiger partial charge in [0.15, 0.2) is 0 Å². The maximum Gasteiger partial charge on any atom is 0.148 e. The highest BCUT2D eigenvalue weighted by Crippen LogP contribution is 2.06. The summed E-state index contributed by atoms with van der Waals surface area (Å²) in [4.78, 5) is 4.25. The van der Waals surface area contributed by atoms with E-state index in [1.807, 2.05) is 14.1 Å². The number of hydrogen-bond acceptors (Lipinski definition) is 5. The minimum Gasteiger partial charge on any atom is -0.374 e. The zero-order valence-corrected chi connectivity index (χ0v) is 11.2. The highest BCUT2D eigenvalue weighted by atomic mass is 32.2. The molecule has 0 radical (unpaired) electrons. The summed E-state index contributed by atoms with van der Waals surface area (Å²) < 4.78 is 27.8. The molecule has 0 spiro atoms. The van der Waals surface area contributed by atoms with Crippen molar-refractivity contribution >= 4 is 9.84 Å². The fraction of sp³-hybridized carbons (Fsp3) is 1.00. The zero-order chi connectivity index (χ0) is 12.2. The Morgan fingerprint density at radius 1 is 1.44 bits per heavy atom. The molecule has 1 aliphatic rings. The van der Waals surface area contributed by atoms with Crippen LogP contribution in [0.15, 0.2) is 0 Å². The molecule has 5 nitrogen and oxygen atoms in total. The van der Waals surface area contributed by atoms with E-state index in [-0.39, 0.29) is 11.9 Å². The third-order valence-electron chi connectivity index (χ3n) is 2.57. The van der Waals surface area contributed by atoms with Crippen molar-refractivity contribution in [1.82, 2.24) is 9.80 Å². The second-order valence-electron chi connectivity index (χ2n) is 4.69. The number of nitrogens with zero attached hydrogens (tertiary/aromatic N) is 2. The maximum atomic E-state index is 11.1. The smallest absolute Gasteiger partial charge is 0.148 e. The summed E-state index contributed by atoms with van der Waals surface area (Å²) in [6.45, 7) is 3.86. The molecule has 1 aliphatic heterocycles. The van der Waals surface area contributed by atoms with Gasteiger partial charge in [-0.2, -0.15) is 0 Å². The van der Waals surface area contributed by atoms with Crippen LogP contribution in [0.4, 0.5) is 0 Å². The van der Waals surface area contributed by atoms with Crippen molar-refractivity contribution < 1.29 is 13.2 Å². The van der Waals surface area contributed by atoms with E-state index in [1.54, 1.807) is 0 Å². The lowest BCUT2D eigenvalue weighted by Gasteiger charge is -2.33. The summed E-state index contributed by atoms with van der Waals surface area (Å²) in [6.07, 6.45) is 1.48. The quantitative estimate of drug-likeness (QED) is 0.645. The molecule has 0 aliphatic carbocycles. The number of likely N-dealkylation sites (N-methyl/N-ethyl adjacent to an activating group) is 1. The lowest BCUT2D eigenvalue weighted by molar-refractivity contribution is -0.0361. The standard InChI is InChI=1S/C10H22N2O3S/c1-11(2)8-10-9-12(4-6-15-10)5-7-16(3,13)14/h10H,4-9H2,1-3H3. The maximum absolute atomic E-state index is 11.1. The van der Waals surface area contributed by atoms with Crippen LogP contribution in [0.1, 0.15) is 0 Å². The average molecular weight is 250 g/mol. The van der Waals surface area contributed by atoms with Crippen LogP contribution in [-0.4, -0.2) is 83.2 Å². The van der Waals surface area contributed by atoms with E-state index >= 15 is 0 Å². The number of hydrogen-bond donors (Lipinski definition) is 0. The van der Waals surface area contributed by atoms with Crippen molar-refractivity contribution in [2.45, 2.75) is 6.10 Å². The monoisotopic (exact) mass is 250 g/mol. The highest BCUT2D eigenvalue weighted by Gasteiger charge is 2.21. The SMILES string of the molecule is CN(C)CC1CN(CCS(C)(=O)=O)CCO1. The predicted molar refractivity (Wildman–Crippen MR) is 64.4 cm³/mol. The molecule has 16 heavy (non-hydrogen) atoms. The van der Waals surface area contributed by atoms with Crippen molar-refractivity contribution in [2.24, 2.45) is 0 Å². The van der Waals surface area contributed by atoms with E-state index in [0.717, 1.165) is 19.6 Å². The van der Waals surface area contributed by atoms with Gasteiger partial charge in [0.1, 0.15) is 9.84 Å². The van der Waals surface area contributed by atoms with Gasteiger partial charge in [-0.1, -0.05) is 0 Å². The first kappa shape index (κ1) is 13.9. The fourth-order valence-electron chi connectivity index (χ4n) is 1.80. The number of ether oxygens (including phenoxy) is 1. The second-order valence-corrected chi connectivity index (χ2v) is 6.95. The summed E-state index contributed by atoms with van der Waals surface area (Å²) in [5, 5.41) is 0. The molecule has 1 atom stereocenters. The van der Waals surface area contributed by atoms with Gasteiger partial charge >= 0.3 is 0 Å². The topological polar surface area (TPSA) is 49.9 Å². The Morgan fingerprint density at radius 3 is 2.69 bits per heavy atom. The zero-order valence-electron chi connectivity index (χ0n) is 10.3. The molecule has 1 heterocycles. The van der Waals surface area contributed by atoms with E-state index in [4.69, 9.17) is 4.74 Å². The number of rotatable bonds is 5. The van der Waals surface area contributed by atoms with Gasteiger partial charge in [0.2, 0.25) is 0 Å². The minimum atomic E-state index is -2.86. The molecule has 1 saturated heterocycles. The molecular weight excluding hydrogens is 228 g/mol. The summed E-state index contributed by atoms with van der Waals surface area (Å²) in [6, 6.07) is 0. The van der Waals surface area contributed by atoms with Crippen LogP contribution >= 0.6 is 0 Å². The van der Waals surface area contributed by atoms with Crippen LogP contribution in [0, 0.1) is 0 Å². The second kappa shape index (κ2) is 5.95. The summed E-state index contributed by atoms with van der Waals surface area (Å²) >= 11 is 0. The Labute approximate surface area is 98.3 Å². The van der Waals surface area contributed by atoms with Gasteiger partial charge in [-0.25, -0.2) is 8.42 Å². The first-order valence-electron chi connectivity index (χ1n) is 5.53. The van der Waals surface area contributed by atoms with E-state index in [0.29, 0.717) is 13.2 Å². The van der Waals surface area contributed by atoms with Crippen molar-refractivity contribution in [3.63, 3.8) is 0 Å². The molecule has 0 aromatic carbocycles. The van der Waals surface area contributed by atoms with Gasteiger partial charge in [-0.05, 0) is 14.1 Å². The summed E-state index contributed by atoms with van der Waals surface area (Å²) in [5.74, 6) is 0.238. The van der Waals surface area contributed by atoms with Crippen LogP contribution in [-0.2, 0) is 14.6 Å². The molecular formula is C10H22N2O3S. The Kier molecular flexibility index (Phi) is 5.17.